The van der Waals surface area contributed by atoms with Crippen molar-refractivity contribution in [3.05, 3.63) is 0 Å². The average molecular weight is 240 g/mol. The van der Waals surface area contributed by atoms with Crippen LogP contribution in [0.15, 0.2) is 0 Å². The lowest BCUT2D eigenvalue weighted by molar-refractivity contribution is -0.271. The summed E-state index contributed by atoms with van der Waals surface area (Å²) in [5.41, 5.74) is -0.635. The number of hydrogen-bond donors (Lipinski definition) is 0. The van der Waals surface area contributed by atoms with Crippen LogP contribution in [0, 0.1) is 10.8 Å². The summed E-state index contributed by atoms with van der Waals surface area (Å²) in [6.07, 6.45) is 0.135. The van der Waals surface area contributed by atoms with Crippen LogP contribution < -0.4 is 0 Å². The molecule has 2 heteroatoms. The first-order valence-electron chi connectivity index (χ1n) is 6.71. The van der Waals surface area contributed by atoms with Gasteiger partial charge in [0.25, 0.3) is 0 Å². The Bertz CT molecular complexity index is 350. The molecule has 0 aliphatic carbocycles. The Hall–Kier alpha value is -0.0800. The van der Waals surface area contributed by atoms with Gasteiger partial charge in [-0.2, -0.15) is 0 Å². The second-order valence-corrected chi connectivity index (χ2v) is 8.02. The minimum absolute atomic E-state index is 0.00116. The number of rotatable bonds is 0. The zero-order valence-corrected chi connectivity index (χ0v) is 12.9. The largest absolute Gasteiger partial charge is 0.366 e. The summed E-state index contributed by atoms with van der Waals surface area (Å²) in [6, 6.07) is 0. The fourth-order valence-electron chi connectivity index (χ4n) is 4.75. The van der Waals surface area contributed by atoms with Gasteiger partial charge in [0.1, 0.15) is 11.2 Å². The van der Waals surface area contributed by atoms with Crippen LogP contribution >= 0.6 is 0 Å². The van der Waals surface area contributed by atoms with Crippen molar-refractivity contribution >= 4 is 0 Å². The highest BCUT2D eigenvalue weighted by molar-refractivity contribution is 5.28. The van der Waals surface area contributed by atoms with E-state index >= 15 is 0 Å². The molecule has 0 spiro atoms. The van der Waals surface area contributed by atoms with Gasteiger partial charge in [0, 0.05) is 5.41 Å². The van der Waals surface area contributed by atoms with Crippen LogP contribution in [0.3, 0.4) is 0 Å². The van der Waals surface area contributed by atoms with Gasteiger partial charge in [0.15, 0.2) is 0 Å². The van der Waals surface area contributed by atoms with Crippen molar-refractivity contribution in [2.75, 3.05) is 0 Å². The molecule has 0 aromatic heterocycles. The molecule has 2 aliphatic rings. The summed E-state index contributed by atoms with van der Waals surface area (Å²) in [4.78, 5) is 0. The van der Waals surface area contributed by atoms with Gasteiger partial charge in [-0.15, -0.1) is 0 Å². The molecule has 0 saturated carbocycles. The summed E-state index contributed by atoms with van der Waals surface area (Å²) in [5.74, 6) is 0. The summed E-state index contributed by atoms with van der Waals surface area (Å²) >= 11 is 0. The Morgan fingerprint density at radius 3 is 1.65 bits per heavy atom. The topological polar surface area (TPSA) is 18.5 Å². The number of fused-ring (bicyclic) bond motifs is 2. The Morgan fingerprint density at radius 2 is 1.41 bits per heavy atom. The van der Waals surface area contributed by atoms with Gasteiger partial charge in [0.05, 0.1) is 11.7 Å². The van der Waals surface area contributed by atoms with Crippen molar-refractivity contribution in [1.82, 2.24) is 0 Å². The van der Waals surface area contributed by atoms with Gasteiger partial charge in [-0.1, -0.05) is 34.6 Å². The molecule has 2 rings (SSSR count). The van der Waals surface area contributed by atoms with Crippen LogP contribution in [-0.4, -0.2) is 22.9 Å². The van der Waals surface area contributed by atoms with Gasteiger partial charge >= 0.3 is 0 Å². The van der Waals surface area contributed by atoms with Gasteiger partial charge in [-0.05, 0) is 33.1 Å². The molecule has 2 nitrogen and oxygen atoms in total. The van der Waals surface area contributed by atoms with Crippen LogP contribution in [0.4, 0.5) is 0 Å². The van der Waals surface area contributed by atoms with E-state index in [1.165, 1.54) is 0 Å². The number of ether oxygens (including phenoxy) is 2. The maximum atomic E-state index is 6.61. The van der Waals surface area contributed by atoms with Gasteiger partial charge in [-0.3, -0.25) is 0 Å². The second-order valence-electron chi connectivity index (χ2n) is 8.02. The van der Waals surface area contributed by atoms with Crippen LogP contribution in [0.25, 0.3) is 0 Å². The van der Waals surface area contributed by atoms with E-state index in [0.717, 1.165) is 0 Å². The third-order valence-electron chi connectivity index (χ3n) is 5.79. The highest BCUT2D eigenvalue weighted by Crippen LogP contribution is 2.70. The molecule has 2 heterocycles. The zero-order valence-electron chi connectivity index (χ0n) is 12.9. The normalized spacial score (nSPS) is 47.5. The van der Waals surface area contributed by atoms with Gasteiger partial charge in [0.2, 0.25) is 0 Å². The summed E-state index contributed by atoms with van der Waals surface area (Å²) in [7, 11) is 0. The highest BCUT2D eigenvalue weighted by Gasteiger charge is 2.80. The minimum Gasteiger partial charge on any atom is -0.366 e. The third-order valence-corrected chi connectivity index (χ3v) is 5.79. The lowest BCUT2D eigenvalue weighted by atomic mass is 9.57. The number of hydrogen-bond acceptors (Lipinski definition) is 2. The van der Waals surface area contributed by atoms with E-state index in [2.05, 4.69) is 62.3 Å². The fraction of sp³-hybridized carbons (Fsp3) is 1.00. The molecule has 0 aromatic carbocycles. The molecule has 0 amide bonds. The Kier molecular flexibility index (Phi) is 2.28. The van der Waals surface area contributed by atoms with E-state index in [1.54, 1.807) is 0 Å². The predicted octanol–water partition coefficient (Wildman–Crippen LogP) is 3.78. The maximum absolute atomic E-state index is 6.61. The van der Waals surface area contributed by atoms with Gasteiger partial charge in [-0.25, -0.2) is 0 Å². The van der Waals surface area contributed by atoms with E-state index in [1.807, 2.05) is 0 Å². The first-order valence-corrected chi connectivity index (χ1v) is 6.71. The first kappa shape index (κ1) is 13.4. The maximum Gasteiger partial charge on any atom is 0.108 e. The van der Waals surface area contributed by atoms with Gasteiger partial charge < -0.3 is 9.47 Å². The molecule has 2 bridgehead atoms. The van der Waals surface area contributed by atoms with Crippen molar-refractivity contribution in [3.8, 4) is 0 Å². The lowest BCUT2D eigenvalue weighted by Crippen LogP contribution is -2.58. The van der Waals surface area contributed by atoms with Crippen molar-refractivity contribution in [2.45, 2.75) is 85.2 Å². The molecular formula is C15H28O2. The molecule has 2 saturated heterocycles. The summed E-state index contributed by atoms with van der Waals surface area (Å²) in [5, 5.41) is 0. The van der Waals surface area contributed by atoms with Crippen LogP contribution in [0.2, 0.25) is 0 Å². The molecule has 100 valence electrons. The van der Waals surface area contributed by atoms with Crippen LogP contribution in [-0.2, 0) is 9.47 Å². The van der Waals surface area contributed by atoms with Crippen molar-refractivity contribution in [1.29, 1.82) is 0 Å². The fourth-order valence-corrected chi connectivity index (χ4v) is 4.75. The Labute approximate surface area is 106 Å². The minimum atomic E-state index is -0.240. The van der Waals surface area contributed by atoms with Crippen molar-refractivity contribution in [2.24, 2.45) is 10.8 Å². The van der Waals surface area contributed by atoms with Crippen LogP contribution in [0.1, 0.15) is 62.3 Å². The standard InChI is InChI=1S/C15H28O2/c1-10-15(11(2,3)4)12(5,6)14(9,16-10)13(7,8)17-15/h10H,1-9H3/t10?,14-,15+/m1/s1. The SMILES string of the molecule is CC1O[C@@]2(C)C(C)(C)O[C@@]1(C(C)(C)C)C2(C)C. The van der Waals surface area contributed by atoms with Crippen molar-refractivity contribution in [3.63, 3.8) is 0 Å². The van der Waals surface area contributed by atoms with E-state index in [-0.39, 0.29) is 33.7 Å². The van der Waals surface area contributed by atoms with E-state index in [4.69, 9.17) is 9.47 Å². The van der Waals surface area contributed by atoms with Crippen molar-refractivity contribution < 1.29 is 9.47 Å². The average Bonchev–Trinajstić information content (AvgIpc) is 2.29. The highest BCUT2D eigenvalue weighted by atomic mass is 16.6. The third kappa shape index (κ3) is 1.10. The molecular weight excluding hydrogens is 212 g/mol. The summed E-state index contributed by atoms with van der Waals surface area (Å²) < 4.78 is 13.0. The Balaban J connectivity index is 2.69. The second kappa shape index (κ2) is 2.91. The molecule has 2 aliphatic heterocycles. The molecule has 3 atom stereocenters. The summed E-state index contributed by atoms with van der Waals surface area (Å²) in [6.45, 7) is 20.1. The predicted molar refractivity (Wildman–Crippen MR) is 70.1 cm³/mol. The smallest absolute Gasteiger partial charge is 0.108 e. The molecule has 0 aromatic rings. The molecule has 2 fully saturated rings. The lowest BCUT2D eigenvalue weighted by Gasteiger charge is -2.50. The molecule has 17 heavy (non-hydrogen) atoms. The van der Waals surface area contributed by atoms with E-state index in [9.17, 15) is 0 Å². The monoisotopic (exact) mass is 240 g/mol. The Morgan fingerprint density at radius 1 is 0.941 bits per heavy atom. The molecule has 0 radical (unpaired) electrons. The quantitative estimate of drug-likeness (QED) is 0.641. The van der Waals surface area contributed by atoms with E-state index in [0.29, 0.717) is 0 Å². The van der Waals surface area contributed by atoms with E-state index < -0.39 is 0 Å². The molecule has 1 unspecified atom stereocenters. The first-order chi connectivity index (χ1) is 7.33. The van der Waals surface area contributed by atoms with Crippen LogP contribution in [0.5, 0.6) is 0 Å². The zero-order chi connectivity index (χ0) is 13.5. The molecule has 0 N–H and O–H groups in total.